The second kappa shape index (κ2) is 23.7. The topological polar surface area (TPSA) is 59.0 Å². The molecule has 22 rings (SSSR count). The third kappa shape index (κ3) is 9.52. The number of rotatable bonds is 11. The smallest absolute Gasteiger partial charge is 0.143 e. The fourth-order valence-corrected chi connectivity index (χ4v) is 16.8. The molecule has 0 atom stereocenters. The lowest BCUT2D eigenvalue weighted by atomic mass is 9.93. The number of para-hydroxylation sites is 1. The van der Waals surface area contributed by atoms with Crippen molar-refractivity contribution < 1.29 is 17.7 Å². The molecule has 106 heavy (non-hydrogen) atoms. The van der Waals surface area contributed by atoms with E-state index >= 15 is 0 Å². The van der Waals surface area contributed by atoms with Crippen molar-refractivity contribution in [3.8, 4) is 55.6 Å². The standard InChI is InChI=1S/C100H60N2O4/c1-3-19-68-57-71(35-33-61(68)15-1)63-37-46-74(47-38-63)101(87-27-13-31-91-96(87)83-25-9-10-29-89(83)103-91)75-48-41-67(42-49-75)79-55-56-82(100-95(79)86-54-44-65-18-6-8-24-81(65)99(86)106-100)73-45-52-84-93(60-73)104-92-32-14-28-88(97(84)92)102(77-22-11-21-70(59-77)72-36-34-62-16-2-4-20-69(62)58-72)76-50-39-66(40-51-76)78-26-12-30-90-94(78)85-53-43-64-17-5-7-23-80(64)98(85)105-90/h1-60H. The van der Waals surface area contributed by atoms with E-state index in [0.717, 1.165) is 193 Å². The van der Waals surface area contributed by atoms with E-state index in [0.29, 0.717) is 0 Å². The van der Waals surface area contributed by atoms with Gasteiger partial charge in [0.2, 0.25) is 0 Å². The van der Waals surface area contributed by atoms with E-state index in [-0.39, 0.29) is 0 Å². The second-order valence-electron chi connectivity index (χ2n) is 27.8. The molecule has 0 saturated carbocycles. The van der Waals surface area contributed by atoms with Crippen LogP contribution in [0, 0.1) is 0 Å². The van der Waals surface area contributed by atoms with Crippen LogP contribution in [0.15, 0.2) is 382 Å². The van der Waals surface area contributed by atoms with Gasteiger partial charge < -0.3 is 27.5 Å². The summed E-state index contributed by atoms with van der Waals surface area (Å²) in [6.45, 7) is 0. The van der Waals surface area contributed by atoms with Crippen LogP contribution >= 0.6 is 0 Å². The van der Waals surface area contributed by atoms with Crippen LogP contribution < -0.4 is 9.80 Å². The predicted molar refractivity (Wildman–Crippen MR) is 442 cm³/mol. The van der Waals surface area contributed by atoms with Gasteiger partial charge in [-0.1, -0.05) is 237 Å². The highest BCUT2D eigenvalue weighted by atomic mass is 16.3. The first-order valence-corrected chi connectivity index (χ1v) is 36.1. The first-order chi connectivity index (χ1) is 52.5. The van der Waals surface area contributed by atoms with Crippen LogP contribution in [0.25, 0.3) is 186 Å². The second-order valence-corrected chi connectivity index (χ2v) is 27.8. The molecule has 18 aromatic carbocycles. The van der Waals surface area contributed by atoms with Gasteiger partial charge in [0.05, 0.1) is 22.1 Å². The van der Waals surface area contributed by atoms with Gasteiger partial charge >= 0.3 is 0 Å². The van der Waals surface area contributed by atoms with Gasteiger partial charge in [-0.25, -0.2) is 0 Å². The summed E-state index contributed by atoms with van der Waals surface area (Å²) in [5.41, 5.74) is 23.6. The Morgan fingerprint density at radius 3 is 1.22 bits per heavy atom. The van der Waals surface area contributed by atoms with Gasteiger partial charge in [0.25, 0.3) is 0 Å². The van der Waals surface area contributed by atoms with E-state index in [4.69, 9.17) is 17.7 Å². The Morgan fingerprint density at radius 1 is 0.170 bits per heavy atom. The summed E-state index contributed by atoms with van der Waals surface area (Å²) in [4.78, 5) is 4.75. The highest BCUT2D eigenvalue weighted by molar-refractivity contribution is 6.23. The number of benzene rings is 18. The minimum atomic E-state index is 0.773. The van der Waals surface area contributed by atoms with Crippen LogP contribution in [0.3, 0.4) is 0 Å². The molecule has 0 aliphatic heterocycles. The van der Waals surface area contributed by atoms with Crippen molar-refractivity contribution in [1.29, 1.82) is 0 Å². The number of furan rings is 4. The van der Waals surface area contributed by atoms with Crippen LogP contribution in [0.2, 0.25) is 0 Å². The van der Waals surface area contributed by atoms with E-state index in [1.807, 2.05) is 12.1 Å². The maximum Gasteiger partial charge on any atom is 0.143 e. The van der Waals surface area contributed by atoms with Crippen molar-refractivity contribution >= 4 is 165 Å². The lowest BCUT2D eigenvalue weighted by Crippen LogP contribution is -2.10. The summed E-state index contributed by atoms with van der Waals surface area (Å²) < 4.78 is 27.7. The number of nitrogens with zero attached hydrogens (tertiary/aromatic N) is 2. The Bertz CT molecular complexity index is 7340. The summed E-state index contributed by atoms with van der Waals surface area (Å²) in [5, 5.41) is 17.7. The fraction of sp³-hybridized carbons (Fsp3) is 0. The lowest BCUT2D eigenvalue weighted by Gasteiger charge is -2.27. The van der Waals surface area contributed by atoms with Crippen LogP contribution in [0.4, 0.5) is 34.1 Å². The molecule has 4 heterocycles. The van der Waals surface area contributed by atoms with Crippen molar-refractivity contribution in [2.45, 2.75) is 0 Å². The van der Waals surface area contributed by atoms with E-state index in [2.05, 4.69) is 362 Å². The van der Waals surface area contributed by atoms with E-state index in [1.165, 1.54) is 27.1 Å². The Hall–Kier alpha value is -14.2. The highest BCUT2D eigenvalue weighted by Crippen LogP contribution is 2.50. The number of anilines is 6. The summed E-state index contributed by atoms with van der Waals surface area (Å²) in [6, 6.07) is 131. The molecule has 0 fully saturated rings. The van der Waals surface area contributed by atoms with Gasteiger partial charge in [0, 0.05) is 71.4 Å². The van der Waals surface area contributed by atoms with Gasteiger partial charge in [-0.15, -0.1) is 0 Å². The average Bonchev–Trinajstić information content (AvgIpc) is 1.55. The van der Waals surface area contributed by atoms with E-state index in [9.17, 15) is 0 Å². The molecule has 494 valence electrons. The Kier molecular flexibility index (Phi) is 13.3. The van der Waals surface area contributed by atoms with Crippen LogP contribution in [0.1, 0.15) is 0 Å². The summed E-state index contributed by atoms with van der Waals surface area (Å²) in [7, 11) is 0. The zero-order valence-corrected chi connectivity index (χ0v) is 57.2. The minimum Gasteiger partial charge on any atom is -0.456 e. The average molecular weight is 1350 g/mol. The van der Waals surface area contributed by atoms with E-state index < -0.39 is 0 Å². The van der Waals surface area contributed by atoms with Gasteiger partial charge in [0.1, 0.15) is 44.7 Å². The molecule has 0 N–H and O–H groups in total. The van der Waals surface area contributed by atoms with Gasteiger partial charge in [0.15, 0.2) is 0 Å². The normalized spacial score (nSPS) is 12.0. The molecule has 22 aromatic rings. The van der Waals surface area contributed by atoms with Crippen molar-refractivity contribution in [3.63, 3.8) is 0 Å². The predicted octanol–water partition coefficient (Wildman–Crippen LogP) is 29.2. The maximum absolute atomic E-state index is 7.33. The van der Waals surface area contributed by atoms with Crippen LogP contribution in [0.5, 0.6) is 0 Å². The maximum atomic E-state index is 7.33. The van der Waals surface area contributed by atoms with Gasteiger partial charge in [-0.05, 0) is 210 Å². The van der Waals surface area contributed by atoms with Crippen LogP contribution in [-0.2, 0) is 0 Å². The third-order valence-corrected chi connectivity index (χ3v) is 21.8. The molecule has 0 radical (unpaired) electrons. The molecule has 0 spiro atoms. The highest BCUT2D eigenvalue weighted by Gasteiger charge is 2.26. The van der Waals surface area contributed by atoms with E-state index in [1.54, 1.807) is 0 Å². The number of hydrogen-bond acceptors (Lipinski definition) is 6. The monoisotopic (exact) mass is 1350 g/mol. The summed E-state index contributed by atoms with van der Waals surface area (Å²) in [6.07, 6.45) is 0. The quantitative estimate of drug-likeness (QED) is 0.129. The third-order valence-electron chi connectivity index (χ3n) is 21.8. The Morgan fingerprint density at radius 2 is 0.585 bits per heavy atom. The van der Waals surface area contributed by atoms with Crippen molar-refractivity contribution in [3.05, 3.63) is 364 Å². The number of hydrogen-bond donors (Lipinski definition) is 0. The van der Waals surface area contributed by atoms with Crippen molar-refractivity contribution in [2.24, 2.45) is 0 Å². The van der Waals surface area contributed by atoms with Gasteiger partial charge in [-0.2, -0.15) is 0 Å². The lowest BCUT2D eigenvalue weighted by molar-refractivity contribution is 0.668. The van der Waals surface area contributed by atoms with Gasteiger partial charge in [-0.3, -0.25) is 0 Å². The first kappa shape index (κ1) is 59.5. The Balaban J connectivity index is 0.668. The van der Waals surface area contributed by atoms with Crippen molar-refractivity contribution in [1.82, 2.24) is 0 Å². The largest absolute Gasteiger partial charge is 0.456 e. The summed E-state index contributed by atoms with van der Waals surface area (Å²) in [5.74, 6) is 0. The molecule has 0 saturated heterocycles. The Labute approximate surface area is 608 Å². The first-order valence-electron chi connectivity index (χ1n) is 36.1. The number of fused-ring (bicyclic) bond motifs is 18. The molecule has 0 amide bonds. The fourth-order valence-electron chi connectivity index (χ4n) is 16.8. The molecule has 0 aliphatic carbocycles. The van der Waals surface area contributed by atoms with Crippen molar-refractivity contribution in [2.75, 3.05) is 9.80 Å². The minimum absolute atomic E-state index is 0.773. The SMILES string of the molecule is c1cc(-c2ccc3ccccc3c2)cc(N(c2ccc(-c3cccc4oc5c6ccccc6ccc5c34)cc2)c2cccc3oc4cc(-c5ccc(-c6ccc(N(c7ccc(-c8ccc9ccccc9c8)cc7)c7cccc8oc9ccccc9c78)cc6)c6c5oc5c7ccccc7ccc56)ccc4c23)c1. The molecular formula is C100H60N2O4. The molecule has 0 aliphatic rings. The molecule has 0 unspecified atom stereocenters. The zero-order valence-electron chi connectivity index (χ0n) is 57.2. The molecule has 6 heteroatoms. The molecule has 0 bridgehead atoms. The molecular weight excluding hydrogens is 1290 g/mol. The zero-order chi connectivity index (χ0) is 69.5. The van der Waals surface area contributed by atoms with Crippen LogP contribution in [-0.4, -0.2) is 0 Å². The molecule has 4 aromatic heterocycles. The molecule has 6 nitrogen and oxygen atoms in total. The summed E-state index contributed by atoms with van der Waals surface area (Å²) >= 11 is 0.